The van der Waals surface area contributed by atoms with Gasteiger partial charge in [0, 0.05) is 12.6 Å². The molecule has 3 nitrogen and oxygen atoms in total. The van der Waals surface area contributed by atoms with Crippen LogP contribution in [0.15, 0.2) is 30.3 Å². The zero-order chi connectivity index (χ0) is 11.7. The Morgan fingerprint density at radius 3 is 2.82 bits per heavy atom. The second kappa shape index (κ2) is 4.77. The SMILES string of the molecule is O[C@@H]1CCN2CO[C@H](c3ccccc3)C[C@H]2C1. The van der Waals surface area contributed by atoms with E-state index < -0.39 is 0 Å². The van der Waals surface area contributed by atoms with E-state index in [2.05, 4.69) is 29.2 Å². The normalized spacial score (nSPS) is 34.3. The molecule has 92 valence electrons. The van der Waals surface area contributed by atoms with Crippen molar-refractivity contribution in [2.75, 3.05) is 13.3 Å². The molecular weight excluding hydrogens is 214 g/mol. The average molecular weight is 233 g/mol. The van der Waals surface area contributed by atoms with Gasteiger partial charge in [-0.1, -0.05) is 30.3 Å². The van der Waals surface area contributed by atoms with Gasteiger partial charge in [-0.2, -0.15) is 0 Å². The first-order valence-corrected chi connectivity index (χ1v) is 6.41. The van der Waals surface area contributed by atoms with Crippen LogP contribution in [0.5, 0.6) is 0 Å². The van der Waals surface area contributed by atoms with Crippen molar-refractivity contribution in [3.05, 3.63) is 35.9 Å². The van der Waals surface area contributed by atoms with E-state index in [0.717, 1.165) is 25.8 Å². The second-order valence-electron chi connectivity index (χ2n) is 5.08. The molecule has 0 unspecified atom stereocenters. The van der Waals surface area contributed by atoms with Crippen LogP contribution in [0.1, 0.15) is 30.9 Å². The van der Waals surface area contributed by atoms with Crippen molar-refractivity contribution in [3.63, 3.8) is 0 Å². The predicted molar refractivity (Wildman–Crippen MR) is 65.5 cm³/mol. The van der Waals surface area contributed by atoms with E-state index in [1.165, 1.54) is 5.56 Å². The zero-order valence-corrected chi connectivity index (χ0v) is 9.96. The van der Waals surface area contributed by atoms with Crippen LogP contribution in [-0.4, -0.2) is 35.4 Å². The third-order valence-corrected chi connectivity index (χ3v) is 3.91. The lowest BCUT2D eigenvalue weighted by Gasteiger charge is -2.43. The zero-order valence-electron chi connectivity index (χ0n) is 9.96. The van der Waals surface area contributed by atoms with Crippen LogP contribution in [0.2, 0.25) is 0 Å². The highest BCUT2D eigenvalue weighted by atomic mass is 16.5. The molecule has 2 heterocycles. The fourth-order valence-corrected chi connectivity index (χ4v) is 2.89. The number of rotatable bonds is 1. The summed E-state index contributed by atoms with van der Waals surface area (Å²) in [6.07, 6.45) is 2.86. The van der Waals surface area contributed by atoms with Gasteiger partial charge in [0.25, 0.3) is 0 Å². The molecule has 0 amide bonds. The molecule has 1 aromatic rings. The minimum Gasteiger partial charge on any atom is -0.393 e. The molecule has 1 aromatic carbocycles. The van der Waals surface area contributed by atoms with Crippen molar-refractivity contribution in [2.24, 2.45) is 0 Å². The fraction of sp³-hybridized carbons (Fsp3) is 0.571. The molecule has 0 aliphatic carbocycles. The van der Waals surface area contributed by atoms with Crippen LogP contribution in [-0.2, 0) is 4.74 Å². The highest BCUT2D eigenvalue weighted by Crippen LogP contribution is 2.33. The summed E-state index contributed by atoms with van der Waals surface area (Å²) in [5, 5.41) is 9.74. The molecular formula is C14H19NO2. The lowest BCUT2D eigenvalue weighted by Crippen LogP contribution is -2.49. The molecule has 0 spiro atoms. The number of nitrogens with zero attached hydrogens (tertiary/aromatic N) is 1. The predicted octanol–water partition coefficient (Wildman–Crippen LogP) is 1.93. The number of ether oxygens (including phenoxy) is 1. The first-order chi connectivity index (χ1) is 8.33. The first kappa shape index (κ1) is 11.2. The van der Waals surface area contributed by atoms with E-state index >= 15 is 0 Å². The molecule has 3 heteroatoms. The summed E-state index contributed by atoms with van der Waals surface area (Å²) >= 11 is 0. The standard InChI is InChI=1S/C14H19NO2/c16-13-6-7-15-10-17-14(9-12(15)8-13)11-4-2-1-3-5-11/h1-5,12-14,16H,6-10H2/t12-,13-,14+/m1/s1. The second-order valence-corrected chi connectivity index (χ2v) is 5.08. The van der Waals surface area contributed by atoms with Crippen LogP contribution >= 0.6 is 0 Å². The van der Waals surface area contributed by atoms with Crippen LogP contribution in [0.25, 0.3) is 0 Å². The molecule has 0 bridgehead atoms. The molecule has 2 aliphatic rings. The quantitative estimate of drug-likeness (QED) is 0.804. The van der Waals surface area contributed by atoms with Crippen molar-refractivity contribution in [1.82, 2.24) is 4.90 Å². The summed E-state index contributed by atoms with van der Waals surface area (Å²) in [6, 6.07) is 10.9. The fourth-order valence-electron chi connectivity index (χ4n) is 2.89. The van der Waals surface area contributed by atoms with Crippen molar-refractivity contribution in [3.8, 4) is 0 Å². The number of fused-ring (bicyclic) bond motifs is 1. The highest BCUT2D eigenvalue weighted by molar-refractivity contribution is 5.18. The van der Waals surface area contributed by atoms with Gasteiger partial charge in [0.2, 0.25) is 0 Å². The van der Waals surface area contributed by atoms with Crippen molar-refractivity contribution in [2.45, 2.75) is 37.5 Å². The number of hydrogen-bond donors (Lipinski definition) is 1. The summed E-state index contributed by atoms with van der Waals surface area (Å²) in [5.74, 6) is 0. The highest BCUT2D eigenvalue weighted by Gasteiger charge is 2.34. The summed E-state index contributed by atoms with van der Waals surface area (Å²) in [7, 11) is 0. The molecule has 2 fully saturated rings. The lowest BCUT2D eigenvalue weighted by atomic mass is 9.91. The van der Waals surface area contributed by atoms with Gasteiger partial charge in [-0.15, -0.1) is 0 Å². The van der Waals surface area contributed by atoms with E-state index in [0.29, 0.717) is 12.8 Å². The summed E-state index contributed by atoms with van der Waals surface area (Å²) in [4.78, 5) is 2.35. The number of benzene rings is 1. The van der Waals surface area contributed by atoms with E-state index in [9.17, 15) is 5.11 Å². The summed E-state index contributed by atoms with van der Waals surface area (Å²) < 4.78 is 5.91. The van der Waals surface area contributed by atoms with Crippen LogP contribution in [0.4, 0.5) is 0 Å². The maximum Gasteiger partial charge on any atom is 0.100 e. The van der Waals surface area contributed by atoms with Crippen LogP contribution < -0.4 is 0 Å². The van der Waals surface area contributed by atoms with Gasteiger partial charge in [0.05, 0.1) is 12.2 Å². The molecule has 0 aromatic heterocycles. The third kappa shape index (κ3) is 2.37. The van der Waals surface area contributed by atoms with E-state index in [1.807, 2.05) is 6.07 Å². The Kier molecular flexibility index (Phi) is 3.14. The topological polar surface area (TPSA) is 32.7 Å². The number of aliphatic hydroxyl groups is 1. The Balaban J connectivity index is 1.70. The molecule has 0 radical (unpaired) electrons. The Morgan fingerprint density at radius 2 is 2.00 bits per heavy atom. The van der Waals surface area contributed by atoms with E-state index in [-0.39, 0.29) is 12.2 Å². The minimum absolute atomic E-state index is 0.120. The summed E-state index contributed by atoms with van der Waals surface area (Å²) in [5.41, 5.74) is 1.26. The molecule has 2 saturated heterocycles. The lowest BCUT2D eigenvalue weighted by molar-refractivity contribution is -0.123. The third-order valence-electron chi connectivity index (χ3n) is 3.91. The van der Waals surface area contributed by atoms with Crippen molar-refractivity contribution >= 4 is 0 Å². The monoisotopic (exact) mass is 233 g/mol. The van der Waals surface area contributed by atoms with Gasteiger partial charge < -0.3 is 9.84 Å². The van der Waals surface area contributed by atoms with Gasteiger partial charge in [-0.25, -0.2) is 0 Å². The number of hydrogen-bond acceptors (Lipinski definition) is 3. The van der Waals surface area contributed by atoms with E-state index in [4.69, 9.17) is 4.74 Å². The maximum atomic E-state index is 9.74. The van der Waals surface area contributed by atoms with Gasteiger partial charge in [0.1, 0.15) is 6.73 Å². The Labute approximate surface area is 102 Å². The van der Waals surface area contributed by atoms with Gasteiger partial charge >= 0.3 is 0 Å². The largest absolute Gasteiger partial charge is 0.393 e. The van der Waals surface area contributed by atoms with Gasteiger partial charge in [-0.3, -0.25) is 4.90 Å². The molecule has 2 aliphatic heterocycles. The Morgan fingerprint density at radius 1 is 1.18 bits per heavy atom. The Hall–Kier alpha value is -0.900. The molecule has 1 N–H and O–H groups in total. The molecule has 17 heavy (non-hydrogen) atoms. The van der Waals surface area contributed by atoms with Crippen LogP contribution in [0, 0.1) is 0 Å². The smallest absolute Gasteiger partial charge is 0.100 e. The first-order valence-electron chi connectivity index (χ1n) is 6.41. The molecule has 0 saturated carbocycles. The van der Waals surface area contributed by atoms with Gasteiger partial charge in [0.15, 0.2) is 0 Å². The van der Waals surface area contributed by atoms with E-state index in [1.54, 1.807) is 0 Å². The average Bonchev–Trinajstić information content (AvgIpc) is 2.39. The van der Waals surface area contributed by atoms with Crippen molar-refractivity contribution < 1.29 is 9.84 Å². The number of piperidine rings is 1. The van der Waals surface area contributed by atoms with Crippen molar-refractivity contribution in [1.29, 1.82) is 0 Å². The maximum absolute atomic E-state index is 9.74. The summed E-state index contributed by atoms with van der Waals surface area (Å²) in [6.45, 7) is 1.67. The molecule has 3 atom stereocenters. The Bertz CT molecular complexity index is 368. The van der Waals surface area contributed by atoms with Gasteiger partial charge in [-0.05, 0) is 24.8 Å². The number of aliphatic hydroxyl groups excluding tert-OH is 1. The minimum atomic E-state index is -0.120. The molecule has 3 rings (SSSR count). The van der Waals surface area contributed by atoms with Crippen LogP contribution in [0.3, 0.4) is 0 Å².